The van der Waals surface area contributed by atoms with Crippen molar-refractivity contribution in [2.24, 2.45) is 4.99 Å². The van der Waals surface area contributed by atoms with Crippen LogP contribution in [-0.2, 0) is 0 Å². The highest BCUT2D eigenvalue weighted by Gasteiger charge is 1.99. The van der Waals surface area contributed by atoms with Gasteiger partial charge in [0.15, 0.2) is 0 Å². The van der Waals surface area contributed by atoms with Crippen molar-refractivity contribution >= 4 is 28.3 Å². The zero-order chi connectivity index (χ0) is 9.40. The lowest BCUT2D eigenvalue weighted by Crippen LogP contribution is -2.33. The smallest absolute Gasteiger partial charge is 0.322 e. The van der Waals surface area contributed by atoms with Gasteiger partial charge in [0.2, 0.25) is 0 Å². The average molecular weight is 236 g/mol. The predicted molar refractivity (Wildman–Crippen MR) is 54.0 cm³/mol. The van der Waals surface area contributed by atoms with E-state index < -0.39 is 0 Å². The molecule has 12 heavy (non-hydrogen) atoms. The topological polar surface area (TPSA) is 44.7 Å². The predicted octanol–water partition coefficient (Wildman–Crippen LogP) is 1.07. The van der Waals surface area contributed by atoms with E-state index in [-0.39, 0.29) is 6.03 Å². The van der Waals surface area contributed by atoms with Crippen LogP contribution in [-0.4, -0.2) is 43.2 Å². The molecule has 0 bridgehead atoms. The summed E-state index contributed by atoms with van der Waals surface area (Å²) >= 11 is 3.29. The molecule has 0 spiro atoms. The summed E-state index contributed by atoms with van der Waals surface area (Å²) in [6, 6.07) is -0.155. The Labute approximate surface area is 81.2 Å². The molecule has 2 amide bonds. The maximum atomic E-state index is 10.9. The van der Waals surface area contributed by atoms with Crippen molar-refractivity contribution in [2.45, 2.75) is 6.42 Å². The molecule has 5 heteroatoms. The van der Waals surface area contributed by atoms with Crippen LogP contribution in [0.15, 0.2) is 4.99 Å². The van der Waals surface area contributed by atoms with Crippen LogP contribution in [0.5, 0.6) is 0 Å². The van der Waals surface area contributed by atoms with Gasteiger partial charge in [-0.15, -0.1) is 0 Å². The van der Waals surface area contributed by atoms with Crippen molar-refractivity contribution in [3.8, 4) is 0 Å². The molecular weight excluding hydrogens is 222 g/mol. The molecule has 0 fully saturated rings. The highest BCUT2D eigenvalue weighted by Crippen LogP contribution is 1.87. The van der Waals surface area contributed by atoms with Gasteiger partial charge in [-0.25, -0.2) is 4.79 Å². The van der Waals surface area contributed by atoms with Gasteiger partial charge >= 0.3 is 6.03 Å². The minimum absolute atomic E-state index is 0.155. The second-order valence-electron chi connectivity index (χ2n) is 2.23. The van der Waals surface area contributed by atoms with Crippen LogP contribution in [0.4, 0.5) is 4.79 Å². The monoisotopic (exact) mass is 235 g/mol. The van der Waals surface area contributed by atoms with Crippen LogP contribution in [0.2, 0.25) is 0 Å². The fraction of sp³-hybridized carbons (Fsp3) is 0.714. The van der Waals surface area contributed by atoms with Crippen molar-refractivity contribution in [3.63, 3.8) is 0 Å². The zero-order valence-electron chi connectivity index (χ0n) is 7.38. The summed E-state index contributed by atoms with van der Waals surface area (Å²) in [5.74, 6) is 0. The van der Waals surface area contributed by atoms with Gasteiger partial charge in [0.1, 0.15) is 0 Å². The summed E-state index contributed by atoms with van der Waals surface area (Å²) in [6.07, 6.45) is 2.51. The molecule has 0 saturated heterocycles. The summed E-state index contributed by atoms with van der Waals surface area (Å²) in [6.45, 7) is 0.743. The Morgan fingerprint density at radius 3 is 2.92 bits per heavy atom. The zero-order valence-corrected chi connectivity index (χ0v) is 8.97. The van der Waals surface area contributed by atoms with Crippen LogP contribution in [0.3, 0.4) is 0 Å². The van der Waals surface area contributed by atoms with Gasteiger partial charge in [0.05, 0.1) is 6.34 Å². The first-order valence-corrected chi connectivity index (χ1v) is 4.85. The highest BCUT2D eigenvalue weighted by atomic mass is 79.9. The third-order valence-corrected chi connectivity index (χ3v) is 1.77. The number of nitrogens with one attached hydrogen (secondary N) is 1. The van der Waals surface area contributed by atoms with E-state index in [1.165, 1.54) is 11.2 Å². The number of hydrogen-bond acceptors (Lipinski definition) is 2. The number of nitrogens with zero attached hydrogens (tertiary/aromatic N) is 2. The number of hydrogen-bond donors (Lipinski definition) is 1. The van der Waals surface area contributed by atoms with E-state index in [1.807, 2.05) is 0 Å². The van der Waals surface area contributed by atoms with Crippen molar-refractivity contribution in [1.29, 1.82) is 0 Å². The van der Waals surface area contributed by atoms with Crippen molar-refractivity contribution in [2.75, 3.05) is 26.0 Å². The molecule has 0 aliphatic rings. The third-order valence-electron chi connectivity index (χ3n) is 1.21. The normalized spacial score (nSPS) is 10.2. The number of halogens is 1. The average Bonchev–Trinajstić information content (AvgIpc) is 2.10. The first kappa shape index (κ1) is 11.4. The van der Waals surface area contributed by atoms with E-state index in [0.717, 1.165) is 18.3 Å². The third kappa shape index (κ3) is 5.12. The van der Waals surface area contributed by atoms with E-state index in [2.05, 4.69) is 26.2 Å². The summed E-state index contributed by atoms with van der Waals surface area (Å²) in [5, 5.41) is 3.43. The van der Waals surface area contributed by atoms with Gasteiger partial charge in [-0.05, 0) is 6.42 Å². The van der Waals surface area contributed by atoms with Gasteiger partial charge < -0.3 is 5.32 Å². The molecule has 0 rings (SSSR count). The maximum Gasteiger partial charge on any atom is 0.322 e. The van der Waals surface area contributed by atoms with Crippen molar-refractivity contribution < 1.29 is 4.79 Å². The first-order valence-electron chi connectivity index (χ1n) is 3.72. The molecule has 4 nitrogen and oxygen atoms in total. The van der Waals surface area contributed by atoms with Crippen LogP contribution >= 0.6 is 15.9 Å². The number of carbonyl (C=O) groups is 1. The van der Waals surface area contributed by atoms with Gasteiger partial charge in [-0.3, -0.25) is 9.89 Å². The lowest BCUT2D eigenvalue weighted by molar-refractivity contribution is 0.229. The van der Waals surface area contributed by atoms with E-state index in [4.69, 9.17) is 0 Å². The fourth-order valence-corrected chi connectivity index (χ4v) is 0.811. The molecule has 1 N–H and O–H groups in total. The number of rotatable bonds is 4. The van der Waals surface area contributed by atoms with Gasteiger partial charge in [0.25, 0.3) is 0 Å². The van der Waals surface area contributed by atoms with Crippen LogP contribution < -0.4 is 5.32 Å². The Kier molecular flexibility index (Phi) is 6.75. The molecule has 0 aromatic carbocycles. The van der Waals surface area contributed by atoms with Gasteiger partial charge in [0, 0.05) is 26.0 Å². The van der Waals surface area contributed by atoms with Gasteiger partial charge in [-0.1, -0.05) is 15.9 Å². The van der Waals surface area contributed by atoms with E-state index in [9.17, 15) is 4.79 Å². The van der Waals surface area contributed by atoms with Gasteiger partial charge in [-0.2, -0.15) is 0 Å². The lowest BCUT2D eigenvalue weighted by atomic mass is 10.5. The number of carbonyl (C=O) groups excluding carboxylic acids is 1. The lowest BCUT2D eigenvalue weighted by Gasteiger charge is -2.08. The molecule has 0 aromatic heterocycles. The first-order chi connectivity index (χ1) is 5.72. The van der Waals surface area contributed by atoms with E-state index in [0.29, 0.717) is 0 Å². The Morgan fingerprint density at radius 2 is 2.42 bits per heavy atom. The summed E-state index contributed by atoms with van der Waals surface area (Å²) < 4.78 is 0. The van der Waals surface area contributed by atoms with Crippen molar-refractivity contribution in [1.82, 2.24) is 10.2 Å². The minimum atomic E-state index is -0.155. The Bertz CT molecular complexity index is 161. The summed E-state index contributed by atoms with van der Waals surface area (Å²) in [7, 11) is 3.25. The van der Waals surface area contributed by atoms with Crippen LogP contribution in [0, 0.1) is 0 Å². The second kappa shape index (κ2) is 7.09. The molecule has 0 saturated carbocycles. The minimum Gasteiger partial charge on any atom is -0.341 e. The molecule has 0 aliphatic carbocycles. The number of urea groups is 1. The maximum absolute atomic E-state index is 10.9. The molecule has 0 heterocycles. The van der Waals surface area contributed by atoms with Crippen LogP contribution in [0.25, 0.3) is 0 Å². The highest BCUT2D eigenvalue weighted by molar-refractivity contribution is 9.09. The standard InChI is InChI=1S/C7H14BrN3O/c1-9-7(12)11(2)6-10-5-3-4-8/h6H,3-5H2,1-2H3,(H,9,12). The molecule has 0 aliphatic heterocycles. The number of alkyl halides is 1. The quantitative estimate of drug-likeness (QED) is 0.337. The SMILES string of the molecule is CNC(=O)N(C)C=NCCCBr. The van der Waals surface area contributed by atoms with Crippen LogP contribution in [0.1, 0.15) is 6.42 Å². The Balaban J connectivity index is 3.60. The Morgan fingerprint density at radius 1 is 1.75 bits per heavy atom. The molecule has 0 atom stereocenters. The molecule has 0 radical (unpaired) electrons. The van der Waals surface area contributed by atoms with E-state index >= 15 is 0 Å². The Hall–Kier alpha value is -0.580. The van der Waals surface area contributed by atoms with Crippen molar-refractivity contribution in [3.05, 3.63) is 0 Å². The molecule has 0 unspecified atom stereocenters. The molecule has 0 aromatic rings. The number of amides is 2. The molecule has 70 valence electrons. The molecular formula is C7H14BrN3O. The summed E-state index contributed by atoms with van der Waals surface area (Å²) in [4.78, 5) is 16.3. The van der Waals surface area contributed by atoms with E-state index in [1.54, 1.807) is 14.1 Å². The fourth-order valence-electron chi connectivity index (χ4n) is 0.560. The largest absolute Gasteiger partial charge is 0.341 e. The summed E-state index contributed by atoms with van der Waals surface area (Å²) in [5.41, 5.74) is 0. The number of aliphatic imine (C=N–C) groups is 1. The second-order valence-corrected chi connectivity index (χ2v) is 3.02.